The highest BCUT2D eigenvalue weighted by molar-refractivity contribution is 6.00. The minimum absolute atomic E-state index is 0.491. The van der Waals surface area contributed by atoms with Crippen molar-refractivity contribution >= 4 is 16.9 Å². The molecule has 0 bridgehead atoms. The monoisotopic (exact) mass is 286 g/mol. The first-order valence-corrected chi connectivity index (χ1v) is 7.08. The van der Waals surface area contributed by atoms with Gasteiger partial charge in [-0.3, -0.25) is 0 Å². The summed E-state index contributed by atoms with van der Waals surface area (Å²) >= 11 is 0. The van der Waals surface area contributed by atoms with Crippen molar-refractivity contribution < 1.29 is 0 Å². The number of benzene rings is 2. The Hall–Kier alpha value is -3.14. The number of nitrogens with zero attached hydrogens (tertiary/aromatic N) is 3. The topological polar surface area (TPSA) is 56.7 Å². The number of hydrogen-bond acceptors (Lipinski definition) is 3. The van der Waals surface area contributed by atoms with Crippen molar-refractivity contribution in [2.75, 3.05) is 5.73 Å². The lowest BCUT2D eigenvalue weighted by atomic mass is 10.0. The van der Waals surface area contributed by atoms with Gasteiger partial charge in [-0.25, -0.2) is 9.67 Å². The molecule has 2 aromatic heterocycles. The van der Waals surface area contributed by atoms with Crippen LogP contribution in [-0.4, -0.2) is 14.8 Å². The zero-order valence-corrected chi connectivity index (χ0v) is 11.8. The molecular weight excluding hydrogens is 272 g/mol. The second-order valence-electron chi connectivity index (χ2n) is 5.06. The van der Waals surface area contributed by atoms with Crippen LogP contribution in [0.2, 0.25) is 0 Å². The van der Waals surface area contributed by atoms with Gasteiger partial charge in [-0.15, -0.1) is 5.10 Å². The lowest BCUT2D eigenvalue weighted by Gasteiger charge is -2.05. The molecule has 0 saturated heterocycles. The van der Waals surface area contributed by atoms with Gasteiger partial charge in [-0.1, -0.05) is 48.5 Å². The lowest BCUT2D eigenvalue weighted by molar-refractivity contribution is 0.903. The molecule has 0 aliphatic rings. The van der Waals surface area contributed by atoms with E-state index in [9.17, 15) is 0 Å². The minimum Gasteiger partial charge on any atom is -0.382 e. The summed E-state index contributed by atoms with van der Waals surface area (Å²) < 4.78 is 1.79. The molecule has 0 atom stereocenters. The van der Waals surface area contributed by atoms with Crippen molar-refractivity contribution in [1.82, 2.24) is 14.8 Å². The lowest BCUT2D eigenvalue weighted by Crippen LogP contribution is -1.97. The van der Waals surface area contributed by atoms with Gasteiger partial charge in [0.2, 0.25) is 0 Å². The number of hydrogen-bond donors (Lipinski definition) is 1. The Morgan fingerprint density at radius 3 is 2.23 bits per heavy atom. The SMILES string of the molecule is Nc1nn(-c2ccccc2)c2nccc(-c3ccccc3)c12. The molecule has 0 radical (unpaired) electrons. The molecule has 106 valence electrons. The van der Waals surface area contributed by atoms with Crippen molar-refractivity contribution in [3.8, 4) is 16.8 Å². The second kappa shape index (κ2) is 5.00. The van der Waals surface area contributed by atoms with Crippen LogP contribution < -0.4 is 5.73 Å². The molecule has 0 aliphatic heterocycles. The average Bonchev–Trinajstić information content (AvgIpc) is 2.94. The molecule has 0 spiro atoms. The molecule has 4 aromatic rings. The van der Waals surface area contributed by atoms with Gasteiger partial charge >= 0.3 is 0 Å². The Morgan fingerprint density at radius 2 is 1.50 bits per heavy atom. The summed E-state index contributed by atoms with van der Waals surface area (Å²) in [7, 11) is 0. The summed E-state index contributed by atoms with van der Waals surface area (Å²) in [6, 6.07) is 22.0. The molecule has 4 heteroatoms. The quantitative estimate of drug-likeness (QED) is 0.611. The van der Waals surface area contributed by atoms with Gasteiger partial charge in [-0.2, -0.15) is 0 Å². The molecule has 0 amide bonds. The maximum Gasteiger partial charge on any atom is 0.165 e. The number of nitrogens with two attached hydrogens (primary N) is 1. The highest BCUT2D eigenvalue weighted by atomic mass is 15.3. The van der Waals surface area contributed by atoms with E-state index in [0.29, 0.717) is 5.82 Å². The Kier molecular flexibility index (Phi) is 2.86. The Morgan fingerprint density at radius 1 is 0.818 bits per heavy atom. The summed E-state index contributed by atoms with van der Waals surface area (Å²) in [5.41, 5.74) is 10.0. The van der Waals surface area contributed by atoms with Crippen LogP contribution in [0.15, 0.2) is 72.9 Å². The first-order valence-electron chi connectivity index (χ1n) is 7.08. The minimum atomic E-state index is 0.491. The van der Waals surface area contributed by atoms with Gasteiger partial charge in [0.1, 0.15) is 0 Å². The number of aromatic nitrogens is 3. The van der Waals surface area contributed by atoms with E-state index in [1.807, 2.05) is 54.6 Å². The first-order chi connectivity index (χ1) is 10.8. The number of para-hydroxylation sites is 1. The van der Waals surface area contributed by atoms with Crippen LogP contribution in [0.1, 0.15) is 0 Å². The molecular formula is C18H14N4. The fourth-order valence-electron chi connectivity index (χ4n) is 2.68. The predicted molar refractivity (Wildman–Crippen MR) is 88.7 cm³/mol. The van der Waals surface area contributed by atoms with E-state index >= 15 is 0 Å². The van der Waals surface area contributed by atoms with Crippen molar-refractivity contribution in [2.24, 2.45) is 0 Å². The Labute approximate surface area is 127 Å². The van der Waals surface area contributed by atoms with Gasteiger partial charge in [-0.05, 0) is 29.3 Å². The summed E-state index contributed by atoms with van der Waals surface area (Å²) in [6.07, 6.45) is 1.80. The summed E-state index contributed by atoms with van der Waals surface area (Å²) in [4.78, 5) is 4.48. The molecule has 0 unspecified atom stereocenters. The molecule has 2 heterocycles. The van der Waals surface area contributed by atoms with E-state index in [0.717, 1.165) is 27.8 Å². The normalized spacial score (nSPS) is 10.9. The van der Waals surface area contributed by atoms with Crippen LogP contribution in [-0.2, 0) is 0 Å². The maximum atomic E-state index is 6.18. The van der Waals surface area contributed by atoms with E-state index in [-0.39, 0.29) is 0 Å². The molecule has 22 heavy (non-hydrogen) atoms. The largest absolute Gasteiger partial charge is 0.382 e. The highest BCUT2D eigenvalue weighted by Gasteiger charge is 2.15. The fourth-order valence-corrected chi connectivity index (χ4v) is 2.68. The van der Waals surface area contributed by atoms with Crippen LogP contribution in [0.5, 0.6) is 0 Å². The molecule has 4 nitrogen and oxygen atoms in total. The van der Waals surface area contributed by atoms with E-state index in [1.54, 1.807) is 10.9 Å². The van der Waals surface area contributed by atoms with E-state index < -0.39 is 0 Å². The fraction of sp³-hybridized carbons (Fsp3) is 0. The third-order valence-electron chi connectivity index (χ3n) is 3.68. The third kappa shape index (κ3) is 1.93. The van der Waals surface area contributed by atoms with Crippen molar-refractivity contribution in [3.63, 3.8) is 0 Å². The maximum absolute atomic E-state index is 6.18. The predicted octanol–water partition coefficient (Wildman–Crippen LogP) is 3.67. The number of fused-ring (bicyclic) bond motifs is 1. The van der Waals surface area contributed by atoms with E-state index in [4.69, 9.17) is 5.73 Å². The van der Waals surface area contributed by atoms with Gasteiger partial charge in [0.25, 0.3) is 0 Å². The zero-order valence-electron chi connectivity index (χ0n) is 11.8. The zero-order chi connectivity index (χ0) is 14.9. The molecule has 0 saturated carbocycles. The molecule has 2 aromatic carbocycles. The second-order valence-corrected chi connectivity index (χ2v) is 5.06. The number of rotatable bonds is 2. The van der Waals surface area contributed by atoms with Crippen LogP contribution >= 0.6 is 0 Å². The van der Waals surface area contributed by atoms with Gasteiger partial charge in [0.05, 0.1) is 11.1 Å². The van der Waals surface area contributed by atoms with Gasteiger partial charge in [0.15, 0.2) is 11.5 Å². The van der Waals surface area contributed by atoms with Crippen LogP contribution in [0.25, 0.3) is 27.8 Å². The van der Waals surface area contributed by atoms with Gasteiger partial charge in [0, 0.05) is 6.20 Å². The van der Waals surface area contributed by atoms with E-state index in [2.05, 4.69) is 22.2 Å². The van der Waals surface area contributed by atoms with Crippen molar-refractivity contribution in [2.45, 2.75) is 0 Å². The number of pyridine rings is 1. The smallest absolute Gasteiger partial charge is 0.165 e. The van der Waals surface area contributed by atoms with Gasteiger partial charge < -0.3 is 5.73 Å². The summed E-state index contributed by atoms with van der Waals surface area (Å²) in [5.74, 6) is 0.491. The number of nitrogen functional groups attached to an aromatic ring is 1. The van der Waals surface area contributed by atoms with Crippen LogP contribution in [0.4, 0.5) is 5.82 Å². The summed E-state index contributed by atoms with van der Waals surface area (Å²) in [5, 5.41) is 5.36. The Balaban J connectivity index is 2.02. The van der Waals surface area contributed by atoms with Crippen LogP contribution in [0.3, 0.4) is 0 Å². The third-order valence-corrected chi connectivity index (χ3v) is 3.68. The Bertz CT molecular complexity index is 927. The number of anilines is 1. The molecule has 0 fully saturated rings. The summed E-state index contributed by atoms with van der Waals surface area (Å²) in [6.45, 7) is 0. The molecule has 2 N–H and O–H groups in total. The highest BCUT2D eigenvalue weighted by Crippen LogP contribution is 2.32. The molecule has 0 aliphatic carbocycles. The average molecular weight is 286 g/mol. The standard InChI is InChI=1S/C18H14N4/c19-17-16-15(13-7-3-1-4-8-13)11-12-20-18(16)22(21-17)14-9-5-2-6-10-14/h1-12H,(H2,19,21). The van der Waals surface area contributed by atoms with Crippen molar-refractivity contribution in [3.05, 3.63) is 72.9 Å². The van der Waals surface area contributed by atoms with Crippen molar-refractivity contribution in [1.29, 1.82) is 0 Å². The van der Waals surface area contributed by atoms with E-state index in [1.165, 1.54) is 0 Å². The molecule has 4 rings (SSSR count). The van der Waals surface area contributed by atoms with Crippen LogP contribution in [0, 0.1) is 0 Å². The first kappa shape index (κ1) is 12.6.